The van der Waals surface area contributed by atoms with Gasteiger partial charge in [-0.3, -0.25) is 4.90 Å². The molecule has 2 N–H and O–H groups in total. The topological polar surface area (TPSA) is 38.5 Å². The zero-order valence-corrected chi connectivity index (χ0v) is 14.0. The molecule has 1 aromatic carbocycles. The van der Waals surface area contributed by atoms with Crippen LogP contribution in [0.25, 0.3) is 0 Å². The van der Waals surface area contributed by atoms with E-state index in [1.54, 1.807) is 0 Å². The van der Waals surface area contributed by atoms with Crippen LogP contribution in [0, 0.1) is 0 Å². The Morgan fingerprint density at radius 3 is 2.43 bits per heavy atom. The van der Waals surface area contributed by atoms with Crippen molar-refractivity contribution < 1.29 is 4.74 Å². The van der Waals surface area contributed by atoms with Gasteiger partial charge in [0.05, 0.1) is 12.6 Å². The predicted octanol–water partition coefficient (Wildman–Crippen LogP) is 3.52. The van der Waals surface area contributed by atoms with Crippen LogP contribution in [0.4, 0.5) is 0 Å². The Morgan fingerprint density at radius 1 is 1.19 bits per heavy atom. The van der Waals surface area contributed by atoms with Gasteiger partial charge < -0.3 is 10.5 Å². The molecule has 1 atom stereocenters. The summed E-state index contributed by atoms with van der Waals surface area (Å²) in [6, 6.07) is 6.43. The van der Waals surface area contributed by atoms with Crippen molar-refractivity contribution in [3.8, 4) is 5.75 Å². The van der Waals surface area contributed by atoms with Crippen LogP contribution in [0.5, 0.6) is 5.75 Å². The van der Waals surface area contributed by atoms with E-state index in [0.717, 1.165) is 44.7 Å². The van der Waals surface area contributed by atoms with E-state index < -0.39 is 0 Å². The van der Waals surface area contributed by atoms with Gasteiger partial charge >= 0.3 is 0 Å². The largest absolute Gasteiger partial charge is 0.493 e. The third-order valence-electron chi connectivity index (χ3n) is 5.28. The minimum absolute atomic E-state index is 0.00454. The van der Waals surface area contributed by atoms with Gasteiger partial charge in [-0.25, -0.2) is 0 Å². The second-order valence-electron chi connectivity index (χ2n) is 5.89. The van der Waals surface area contributed by atoms with Gasteiger partial charge in [-0.2, -0.15) is 0 Å². The van der Waals surface area contributed by atoms with Gasteiger partial charge in [0.1, 0.15) is 5.75 Å². The fourth-order valence-electron chi connectivity index (χ4n) is 3.96. The Balaban J connectivity index is 2.44. The third kappa shape index (κ3) is 2.69. The van der Waals surface area contributed by atoms with Crippen LogP contribution in [0.3, 0.4) is 0 Å². The van der Waals surface area contributed by atoms with E-state index >= 15 is 0 Å². The quantitative estimate of drug-likeness (QED) is 0.835. The van der Waals surface area contributed by atoms with E-state index in [4.69, 9.17) is 10.5 Å². The van der Waals surface area contributed by atoms with E-state index in [9.17, 15) is 0 Å². The molecule has 0 bridgehead atoms. The highest BCUT2D eigenvalue weighted by Crippen LogP contribution is 2.41. The van der Waals surface area contributed by atoms with Crippen LogP contribution in [0.1, 0.15) is 57.7 Å². The molecule has 118 valence electrons. The molecule has 0 spiro atoms. The maximum absolute atomic E-state index is 6.80. The first-order valence-corrected chi connectivity index (χ1v) is 8.39. The summed E-state index contributed by atoms with van der Waals surface area (Å²) < 4.78 is 5.88. The van der Waals surface area contributed by atoms with Crippen molar-refractivity contribution in [1.29, 1.82) is 0 Å². The molecular formula is C18H30N2O. The molecule has 1 heterocycles. The SMILES string of the molecule is CCN(CC)C(CC)(CC)C(N)c1cccc2c1OCC2. The molecule has 0 aromatic heterocycles. The van der Waals surface area contributed by atoms with Gasteiger partial charge in [-0.15, -0.1) is 0 Å². The van der Waals surface area contributed by atoms with Gasteiger partial charge in [-0.1, -0.05) is 45.9 Å². The number of nitrogens with zero attached hydrogens (tertiary/aromatic N) is 1. The number of ether oxygens (including phenoxy) is 1. The van der Waals surface area contributed by atoms with Crippen molar-refractivity contribution in [2.45, 2.75) is 58.5 Å². The molecule has 1 aromatic rings. The van der Waals surface area contributed by atoms with Crippen LogP contribution in [-0.2, 0) is 6.42 Å². The van der Waals surface area contributed by atoms with E-state index in [-0.39, 0.29) is 11.6 Å². The summed E-state index contributed by atoms with van der Waals surface area (Å²) in [5.41, 5.74) is 9.29. The van der Waals surface area contributed by atoms with E-state index in [1.165, 1.54) is 11.1 Å². The number of benzene rings is 1. The first-order chi connectivity index (χ1) is 10.1. The predicted molar refractivity (Wildman–Crippen MR) is 88.8 cm³/mol. The second kappa shape index (κ2) is 6.80. The highest BCUT2D eigenvalue weighted by Gasteiger charge is 2.40. The Bertz CT molecular complexity index is 464. The molecule has 1 aliphatic rings. The number of para-hydroxylation sites is 1. The van der Waals surface area contributed by atoms with E-state index in [0.29, 0.717) is 0 Å². The molecule has 0 saturated heterocycles. The first-order valence-electron chi connectivity index (χ1n) is 8.39. The molecule has 0 saturated carbocycles. The zero-order valence-electron chi connectivity index (χ0n) is 14.0. The molecule has 21 heavy (non-hydrogen) atoms. The third-order valence-corrected chi connectivity index (χ3v) is 5.28. The van der Waals surface area contributed by atoms with Crippen LogP contribution in [-0.4, -0.2) is 30.1 Å². The number of fused-ring (bicyclic) bond motifs is 1. The highest BCUT2D eigenvalue weighted by molar-refractivity contribution is 5.46. The molecule has 0 fully saturated rings. The second-order valence-corrected chi connectivity index (χ2v) is 5.89. The number of nitrogens with two attached hydrogens (primary N) is 1. The number of rotatable bonds is 7. The van der Waals surface area contributed by atoms with Gasteiger partial charge in [0.2, 0.25) is 0 Å². The summed E-state index contributed by atoms with van der Waals surface area (Å²) >= 11 is 0. The summed E-state index contributed by atoms with van der Waals surface area (Å²) in [5, 5.41) is 0. The maximum atomic E-state index is 6.80. The van der Waals surface area contributed by atoms with Gasteiger partial charge in [0, 0.05) is 17.5 Å². The molecule has 3 nitrogen and oxygen atoms in total. The standard InChI is InChI=1S/C18H30N2O/c1-5-18(6-2,20(7-3)8-4)17(19)15-11-9-10-14-12-13-21-16(14)15/h9-11,17H,5-8,12-13,19H2,1-4H3. The summed E-state index contributed by atoms with van der Waals surface area (Å²) in [5.74, 6) is 1.04. The lowest BCUT2D eigenvalue weighted by molar-refractivity contribution is 0.0617. The van der Waals surface area contributed by atoms with Crippen LogP contribution in [0.2, 0.25) is 0 Å². The van der Waals surface area contributed by atoms with Gasteiger partial charge in [-0.05, 0) is 31.5 Å². The fraction of sp³-hybridized carbons (Fsp3) is 0.667. The molecule has 3 heteroatoms. The van der Waals surface area contributed by atoms with E-state index in [1.807, 2.05) is 0 Å². The fourth-order valence-corrected chi connectivity index (χ4v) is 3.96. The average molecular weight is 290 g/mol. The molecule has 0 amide bonds. The van der Waals surface area contributed by atoms with Crippen molar-refractivity contribution in [2.24, 2.45) is 5.73 Å². The van der Waals surface area contributed by atoms with Crippen molar-refractivity contribution in [1.82, 2.24) is 4.90 Å². The van der Waals surface area contributed by atoms with E-state index in [2.05, 4.69) is 50.8 Å². The Morgan fingerprint density at radius 2 is 1.86 bits per heavy atom. The Labute approximate surface area is 129 Å². The molecule has 1 aliphatic heterocycles. The lowest BCUT2D eigenvalue weighted by atomic mass is 9.79. The normalized spacial score (nSPS) is 15.9. The first kappa shape index (κ1) is 16.3. The van der Waals surface area contributed by atoms with Crippen LogP contribution in [0.15, 0.2) is 18.2 Å². The van der Waals surface area contributed by atoms with Gasteiger partial charge in [0.25, 0.3) is 0 Å². The summed E-state index contributed by atoms with van der Waals surface area (Å²) in [6.07, 6.45) is 3.11. The van der Waals surface area contributed by atoms with Crippen LogP contribution < -0.4 is 10.5 Å². The van der Waals surface area contributed by atoms with Gasteiger partial charge in [0.15, 0.2) is 0 Å². The Kier molecular flexibility index (Phi) is 5.28. The van der Waals surface area contributed by atoms with Crippen molar-refractivity contribution in [3.63, 3.8) is 0 Å². The monoisotopic (exact) mass is 290 g/mol. The lowest BCUT2D eigenvalue weighted by Gasteiger charge is -2.47. The summed E-state index contributed by atoms with van der Waals surface area (Å²) in [7, 11) is 0. The molecule has 0 radical (unpaired) electrons. The molecule has 2 rings (SSSR count). The molecular weight excluding hydrogens is 260 g/mol. The maximum Gasteiger partial charge on any atom is 0.127 e. The minimum Gasteiger partial charge on any atom is -0.493 e. The Hall–Kier alpha value is -1.06. The van der Waals surface area contributed by atoms with Crippen molar-refractivity contribution >= 4 is 0 Å². The summed E-state index contributed by atoms with van der Waals surface area (Å²) in [4.78, 5) is 2.52. The number of hydrogen-bond donors (Lipinski definition) is 1. The molecule has 1 unspecified atom stereocenters. The number of hydrogen-bond acceptors (Lipinski definition) is 3. The zero-order chi connectivity index (χ0) is 15.5. The molecule has 0 aliphatic carbocycles. The van der Waals surface area contributed by atoms with Crippen molar-refractivity contribution in [3.05, 3.63) is 29.3 Å². The van der Waals surface area contributed by atoms with Crippen molar-refractivity contribution in [2.75, 3.05) is 19.7 Å². The smallest absolute Gasteiger partial charge is 0.127 e. The average Bonchev–Trinajstić information content (AvgIpc) is 3.00. The minimum atomic E-state index is -0.0135. The van der Waals surface area contributed by atoms with Crippen LogP contribution >= 0.6 is 0 Å². The highest BCUT2D eigenvalue weighted by atomic mass is 16.5. The number of likely N-dealkylation sites (N-methyl/N-ethyl adjacent to an activating group) is 1. The lowest BCUT2D eigenvalue weighted by Crippen LogP contribution is -2.54. The summed E-state index contributed by atoms with van der Waals surface area (Å²) in [6.45, 7) is 11.8.